The molecule has 1 aliphatic carbocycles. The van der Waals surface area contributed by atoms with Gasteiger partial charge in [-0.3, -0.25) is 4.90 Å². The van der Waals surface area contributed by atoms with Crippen LogP contribution in [-0.2, 0) is 0 Å². The van der Waals surface area contributed by atoms with Crippen LogP contribution in [0.1, 0.15) is 43.7 Å². The van der Waals surface area contributed by atoms with Crippen molar-refractivity contribution in [2.24, 2.45) is 5.92 Å². The zero-order valence-corrected chi connectivity index (χ0v) is 14.1. The van der Waals surface area contributed by atoms with E-state index >= 15 is 0 Å². The third kappa shape index (κ3) is 3.92. The van der Waals surface area contributed by atoms with E-state index in [1.165, 1.54) is 37.7 Å². The van der Waals surface area contributed by atoms with Gasteiger partial charge in [-0.05, 0) is 69.0 Å². The van der Waals surface area contributed by atoms with Gasteiger partial charge in [-0.25, -0.2) is 0 Å². The van der Waals surface area contributed by atoms with Gasteiger partial charge in [0.05, 0.1) is 0 Å². The molecule has 1 aromatic rings. The number of rotatable bonds is 4. The van der Waals surface area contributed by atoms with Crippen LogP contribution in [0, 0.1) is 5.92 Å². The highest BCUT2D eigenvalue weighted by atomic mass is 35.5. The molecule has 0 spiro atoms. The van der Waals surface area contributed by atoms with Crippen LogP contribution in [0.25, 0.3) is 0 Å². The summed E-state index contributed by atoms with van der Waals surface area (Å²) in [5, 5.41) is 5.33. The molecule has 1 saturated heterocycles. The van der Waals surface area contributed by atoms with E-state index in [1.54, 1.807) is 0 Å². The lowest BCUT2D eigenvalue weighted by Crippen LogP contribution is -2.35. The van der Waals surface area contributed by atoms with Crippen LogP contribution >= 0.6 is 23.2 Å². The molecular formula is C17H24Cl2N2. The first-order valence-electron chi connectivity index (χ1n) is 8.03. The van der Waals surface area contributed by atoms with Crippen molar-refractivity contribution in [1.82, 2.24) is 10.2 Å². The zero-order valence-electron chi connectivity index (χ0n) is 12.6. The highest BCUT2D eigenvalue weighted by Gasteiger charge is 2.32. The molecule has 3 rings (SSSR count). The van der Waals surface area contributed by atoms with E-state index in [4.69, 9.17) is 23.2 Å². The normalized spacial score (nSPS) is 27.6. The Morgan fingerprint density at radius 1 is 1.19 bits per heavy atom. The molecular weight excluding hydrogens is 303 g/mol. The van der Waals surface area contributed by atoms with Gasteiger partial charge in [-0.1, -0.05) is 29.6 Å². The Kier molecular flexibility index (Phi) is 5.11. The molecule has 0 bridgehead atoms. The molecule has 2 unspecified atom stereocenters. The Balaban J connectivity index is 1.85. The van der Waals surface area contributed by atoms with E-state index in [0.29, 0.717) is 12.0 Å². The van der Waals surface area contributed by atoms with Crippen LogP contribution in [-0.4, -0.2) is 31.1 Å². The van der Waals surface area contributed by atoms with Crippen LogP contribution in [0.3, 0.4) is 0 Å². The van der Waals surface area contributed by atoms with Crippen molar-refractivity contribution in [3.05, 3.63) is 33.8 Å². The van der Waals surface area contributed by atoms with E-state index in [-0.39, 0.29) is 0 Å². The molecule has 2 nitrogen and oxygen atoms in total. The third-order valence-corrected chi connectivity index (χ3v) is 5.36. The predicted octanol–water partition coefficient (Wildman–Crippen LogP) is 4.52. The number of likely N-dealkylation sites (tertiary alicyclic amines) is 1. The van der Waals surface area contributed by atoms with E-state index < -0.39 is 0 Å². The van der Waals surface area contributed by atoms with Gasteiger partial charge in [-0.15, -0.1) is 0 Å². The molecule has 2 aliphatic rings. The summed E-state index contributed by atoms with van der Waals surface area (Å²) >= 11 is 12.7. The number of nitrogens with one attached hydrogen (secondary N) is 1. The van der Waals surface area contributed by atoms with Gasteiger partial charge in [0.15, 0.2) is 0 Å². The first-order chi connectivity index (χ1) is 10.1. The zero-order chi connectivity index (χ0) is 14.8. The summed E-state index contributed by atoms with van der Waals surface area (Å²) in [5.74, 6) is 0.606. The Labute approximate surface area is 137 Å². The van der Waals surface area contributed by atoms with Crippen molar-refractivity contribution in [3.8, 4) is 0 Å². The molecule has 2 fully saturated rings. The molecule has 1 aliphatic heterocycles. The topological polar surface area (TPSA) is 15.3 Å². The second kappa shape index (κ2) is 6.87. The largest absolute Gasteiger partial charge is 0.314 e. The third-order valence-electron chi connectivity index (χ3n) is 4.78. The first-order valence-corrected chi connectivity index (χ1v) is 8.79. The minimum Gasteiger partial charge on any atom is -0.314 e. The van der Waals surface area contributed by atoms with Gasteiger partial charge in [-0.2, -0.15) is 0 Å². The molecule has 0 radical (unpaired) electrons. The fourth-order valence-corrected chi connectivity index (χ4v) is 3.89. The van der Waals surface area contributed by atoms with E-state index in [0.717, 1.165) is 29.2 Å². The lowest BCUT2D eigenvalue weighted by atomic mass is 9.89. The highest BCUT2D eigenvalue weighted by Crippen LogP contribution is 2.38. The average Bonchev–Trinajstić information content (AvgIpc) is 3.28. The van der Waals surface area contributed by atoms with Crippen LogP contribution in [0.4, 0.5) is 0 Å². The molecule has 4 heteroatoms. The highest BCUT2D eigenvalue weighted by molar-refractivity contribution is 6.33. The molecule has 21 heavy (non-hydrogen) atoms. The van der Waals surface area contributed by atoms with Crippen molar-refractivity contribution in [3.63, 3.8) is 0 Å². The van der Waals surface area contributed by atoms with Gasteiger partial charge in [0.25, 0.3) is 0 Å². The number of nitrogens with zero attached hydrogens (tertiary/aromatic N) is 1. The Morgan fingerprint density at radius 3 is 2.76 bits per heavy atom. The summed E-state index contributed by atoms with van der Waals surface area (Å²) in [5.41, 5.74) is 1.19. The summed E-state index contributed by atoms with van der Waals surface area (Å²) in [6.07, 6.45) is 6.51. The van der Waals surface area contributed by atoms with Crippen molar-refractivity contribution in [2.75, 3.05) is 20.1 Å². The molecule has 116 valence electrons. The average molecular weight is 327 g/mol. The molecule has 1 aromatic carbocycles. The molecule has 1 N–H and O–H groups in total. The quantitative estimate of drug-likeness (QED) is 0.875. The Morgan fingerprint density at radius 2 is 2.00 bits per heavy atom. The summed E-state index contributed by atoms with van der Waals surface area (Å²) in [4.78, 5) is 2.46. The summed E-state index contributed by atoms with van der Waals surface area (Å²) in [6.45, 7) is 2.22. The van der Waals surface area contributed by atoms with E-state index in [9.17, 15) is 0 Å². The first kappa shape index (κ1) is 15.6. The second-order valence-electron chi connectivity index (χ2n) is 6.53. The van der Waals surface area contributed by atoms with Gasteiger partial charge in [0.1, 0.15) is 0 Å². The second-order valence-corrected chi connectivity index (χ2v) is 7.37. The summed E-state index contributed by atoms with van der Waals surface area (Å²) < 4.78 is 0. The maximum absolute atomic E-state index is 6.48. The minimum absolute atomic E-state index is 0.366. The smallest absolute Gasteiger partial charge is 0.0455 e. The van der Waals surface area contributed by atoms with Crippen LogP contribution in [0.2, 0.25) is 10.0 Å². The monoisotopic (exact) mass is 326 g/mol. The van der Waals surface area contributed by atoms with Crippen LogP contribution in [0.15, 0.2) is 18.2 Å². The standard InChI is InChI=1S/C17H24Cl2N2/c1-21-9-3-2-4-12(11-20-14-6-7-14)17(21)15-10-13(18)5-8-16(15)19/h5,8,10,12,14,17,20H,2-4,6-7,9,11H2,1H3. The fraction of sp³-hybridized carbons (Fsp3) is 0.647. The van der Waals surface area contributed by atoms with Crippen molar-refractivity contribution >= 4 is 23.2 Å². The van der Waals surface area contributed by atoms with Crippen LogP contribution in [0.5, 0.6) is 0 Å². The Hall–Kier alpha value is -0.280. The fourth-order valence-electron chi connectivity index (χ4n) is 3.48. The van der Waals surface area contributed by atoms with Gasteiger partial charge < -0.3 is 5.32 Å². The Bertz CT molecular complexity index is 488. The van der Waals surface area contributed by atoms with E-state index in [2.05, 4.69) is 23.3 Å². The lowest BCUT2D eigenvalue weighted by molar-refractivity contribution is 0.189. The number of halogens is 2. The van der Waals surface area contributed by atoms with Crippen molar-refractivity contribution in [1.29, 1.82) is 0 Å². The van der Waals surface area contributed by atoms with Crippen molar-refractivity contribution in [2.45, 2.75) is 44.2 Å². The van der Waals surface area contributed by atoms with Gasteiger partial charge >= 0.3 is 0 Å². The molecule has 0 aromatic heterocycles. The lowest BCUT2D eigenvalue weighted by Gasteiger charge is -2.33. The molecule has 2 atom stereocenters. The van der Waals surface area contributed by atoms with Crippen molar-refractivity contribution < 1.29 is 0 Å². The van der Waals surface area contributed by atoms with Gasteiger partial charge in [0.2, 0.25) is 0 Å². The number of hydrogen-bond donors (Lipinski definition) is 1. The summed E-state index contributed by atoms with van der Waals surface area (Å²) in [7, 11) is 2.22. The number of benzene rings is 1. The van der Waals surface area contributed by atoms with Crippen LogP contribution < -0.4 is 5.32 Å². The molecule has 1 heterocycles. The molecule has 1 saturated carbocycles. The maximum Gasteiger partial charge on any atom is 0.0455 e. The minimum atomic E-state index is 0.366. The number of hydrogen-bond acceptors (Lipinski definition) is 2. The molecule has 0 amide bonds. The predicted molar refractivity (Wildman–Crippen MR) is 90.2 cm³/mol. The maximum atomic E-state index is 6.48. The summed E-state index contributed by atoms with van der Waals surface area (Å²) in [6, 6.07) is 6.99. The van der Waals surface area contributed by atoms with Gasteiger partial charge in [0, 0.05) is 28.7 Å². The van der Waals surface area contributed by atoms with E-state index in [1.807, 2.05) is 12.1 Å². The SMILES string of the molecule is CN1CCCCC(CNC2CC2)C1c1cc(Cl)ccc1Cl.